The van der Waals surface area contributed by atoms with Gasteiger partial charge in [-0.05, 0) is 58.3 Å². The second-order valence-electron chi connectivity index (χ2n) is 4.58. The van der Waals surface area contributed by atoms with Crippen LogP contribution in [-0.2, 0) is 0 Å². The van der Waals surface area contributed by atoms with Crippen molar-refractivity contribution in [2.24, 2.45) is 11.8 Å². The molecular weight excluding hydrogens is 160 g/mol. The number of hydrogen-bond donors (Lipinski definition) is 1. The zero-order chi connectivity index (χ0) is 9.84. The molecular formula is C12H22O. The molecule has 0 heterocycles. The minimum Gasteiger partial charge on any atom is -0.396 e. The summed E-state index contributed by atoms with van der Waals surface area (Å²) in [7, 11) is 0. The normalized spacial score (nSPS) is 28.6. The van der Waals surface area contributed by atoms with Gasteiger partial charge in [-0.25, -0.2) is 0 Å². The summed E-state index contributed by atoms with van der Waals surface area (Å²) in [6.45, 7) is 7.06. The van der Waals surface area contributed by atoms with Crippen molar-refractivity contribution in [1.29, 1.82) is 0 Å². The molecule has 1 fully saturated rings. The molecule has 0 aromatic heterocycles. The van der Waals surface area contributed by atoms with Crippen LogP contribution in [0.4, 0.5) is 0 Å². The van der Waals surface area contributed by atoms with Crippen LogP contribution in [0.2, 0.25) is 0 Å². The molecule has 13 heavy (non-hydrogen) atoms. The molecule has 0 aromatic rings. The molecule has 0 aliphatic heterocycles. The van der Waals surface area contributed by atoms with E-state index in [9.17, 15) is 0 Å². The maximum Gasteiger partial charge on any atom is 0.0459 e. The van der Waals surface area contributed by atoms with E-state index in [1.54, 1.807) is 5.57 Å². The summed E-state index contributed by atoms with van der Waals surface area (Å²) in [5.41, 5.74) is 3.06. The van der Waals surface area contributed by atoms with E-state index in [-0.39, 0.29) is 0 Å². The minimum atomic E-state index is 0.389. The highest BCUT2D eigenvalue weighted by Crippen LogP contribution is 2.33. The molecule has 1 heteroatoms. The topological polar surface area (TPSA) is 20.2 Å². The fraction of sp³-hybridized carbons (Fsp3) is 0.833. The fourth-order valence-corrected chi connectivity index (χ4v) is 2.19. The van der Waals surface area contributed by atoms with E-state index in [0.29, 0.717) is 12.5 Å². The molecule has 0 radical (unpaired) electrons. The van der Waals surface area contributed by atoms with E-state index < -0.39 is 0 Å². The van der Waals surface area contributed by atoms with Crippen LogP contribution in [0.15, 0.2) is 11.1 Å². The standard InChI is InChI=1S/C12H22O/c1-9(2)10(3)12-6-4-11(8-13)5-7-12/h11-13H,4-8H2,1-3H3. The zero-order valence-corrected chi connectivity index (χ0v) is 9.14. The van der Waals surface area contributed by atoms with E-state index in [0.717, 1.165) is 5.92 Å². The van der Waals surface area contributed by atoms with Gasteiger partial charge in [-0.2, -0.15) is 0 Å². The first-order valence-corrected chi connectivity index (χ1v) is 5.40. The largest absolute Gasteiger partial charge is 0.396 e. The summed E-state index contributed by atoms with van der Waals surface area (Å²) in [5, 5.41) is 9.01. The lowest BCUT2D eigenvalue weighted by atomic mass is 9.78. The van der Waals surface area contributed by atoms with E-state index in [4.69, 9.17) is 5.11 Å². The number of aliphatic hydroxyl groups excluding tert-OH is 1. The summed E-state index contributed by atoms with van der Waals surface area (Å²) in [4.78, 5) is 0. The average Bonchev–Trinajstić information content (AvgIpc) is 2.17. The molecule has 0 amide bonds. The molecule has 1 saturated carbocycles. The quantitative estimate of drug-likeness (QED) is 0.650. The van der Waals surface area contributed by atoms with Gasteiger partial charge in [-0.3, -0.25) is 0 Å². The van der Waals surface area contributed by atoms with Crippen molar-refractivity contribution in [3.8, 4) is 0 Å². The predicted octanol–water partition coefficient (Wildman–Crippen LogP) is 3.14. The van der Waals surface area contributed by atoms with Crippen LogP contribution in [0.1, 0.15) is 46.5 Å². The molecule has 0 bridgehead atoms. The van der Waals surface area contributed by atoms with Gasteiger partial charge in [-0.1, -0.05) is 11.1 Å². The van der Waals surface area contributed by atoms with E-state index in [1.807, 2.05) is 0 Å². The molecule has 1 aliphatic rings. The SMILES string of the molecule is CC(C)=C(C)C1CCC(CO)CC1. The second kappa shape index (κ2) is 4.80. The molecule has 76 valence electrons. The number of aliphatic hydroxyl groups is 1. The maximum atomic E-state index is 9.01. The third-order valence-corrected chi connectivity index (χ3v) is 3.51. The number of hydrogen-bond acceptors (Lipinski definition) is 1. The molecule has 0 unspecified atom stereocenters. The van der Waals surface area contributed by atoms with Crippen LogP contribution in [0.25, 0.3) is 0 Å². The Hall–Kier alpha value is -0.300. The highest BCUT2D eigenvalue weighted by molar-refractivity contribution is 5.11. The Balaban J connectivity index is 2.46. The van der Waals surface area contributed by atoms with Crippen LogP contribution in [0.5, 0.6) is 0 Å². The summed E-state index contributed by atoms with van der Waals surface area (Å²) in [5.74, 6) is 1.38. The maximum absolute atomic E-state index is 9.01. The Kier molecular flexibility index (Phi) is 3.98. The van der Waals surface area contributed by atoms with Crippen LogP contribution in [0.3, 0.4) is 0 Å². The van der Waals surface area contributed by atoms with Gasteiger partial charge in [0.1, 0.15) is 0 Å². The predicted molar refractivity (Wildman–Crippen MR) is 56.6 cm³/mol. The third kappa shape index (κ3) is 2.84. The van der Waals surface area contributed by atoms with Crippen LogP contribution in [0, 0.1) is 11.8 Å². The minimum absolute atomic E-state index is 0.389. The Morgan fingerprint density at radius 2 is 1.62 bits per heavy atom. The van der Waals surface area contributed by atoms with Gasteiger partial charge in [0.25, 0.3) is 0 Å². The molecule has 0 atom stereocenters. The Morgan fingerprint density at radius 3 is 2.00 bits per heavy atom. The van der Waals surface area contributed by atoms with E-state index in [2.05, 4.69) is 20.8 Å². The number of allylic oxidation sites excluding steroid dienone is 2. The lowest BCUT2D eigenvalue weighted by Gasteiger charge is -2.28. The first-order chi connectivity index (χ1) is 6.15. The molecule has 0 spiro atoms. The first-order valence-electron chi connectivity index (χ1n) is 5.40. The highest BCUT2D eigenvalue weighted by atomic mass is 16.3. The lowest BCUT2D eigenvalue weighted by Crippen LogP contribution is -2.18. The van der Waals surface area contributed by atoms with E-state index in [1.165, 1.54) is 31.3 Å². The lowest BCUT2D eigenvalue weighted by molar-refractivity contribution is 0.175. The molecule has 0 saturated heterocycles. The molecule has 1 aliphatic carbocycles. The molecule has 1 rings (SSSR count). The first kappa shape index (κ1) is 10.8. The van der Waals surface area contributed by atoms with Gasteiger partial charge in [-0.15, -0.1) is 0 Å². The van der Waals surface area contributed by atoms with Crippen LogP contribution in [-0.4, -0.2) is 11.7 Å². The molecule has 1 nitrogen and oxygen atoms in total. The Morgan fingerprint density at radius 1 is 1.08 bits per heavy atom. The average molecular weight is 182 g/mol. The van der Waals surface area contributed by atoms with Crippen molar-refractivity contribution in [3.05, 3.63) is 11.1 Å². The third-order valence-electron chi connectivity index (χ3n) is 3.51. The van der Waals surface area contributed by atoms with Crippen LogP contribution >= 0.6 is 0 Å². The van der Waals surface area contributed by atoms with Gasteiger partial charge in [0.15, 0.2) is 0 Å². The van der Waals surface area contributed by atoms with Gasteiger partial charge in [0, 0.05) is 6.61 Å². The van der Waals surface area contributed by atoms with Crippen molar-refractivity contribution in [3.63, 3.8) is 0 Å². The Bertz CT molecular complexity index is 181. The summed E-state index contributed by atoms with van der Waals surface area (Å²) >= 11 is 0. The van der Waals surface area contributed by atoms with Gasteiger partial charge in [0.05, 0.1) is 0 Å². The fourth-order valence-electron chi connectivity index (χ4n) is 2.19. The smallest absolute Gasteiger partial charge is 0.0459 e. The zero-order valence-electron chi connectivity index (χ0n) is 9.14. The summed E-state index contributed by atoms with van der Waals surface area (Å²) < 4.78 is 0. The monoisotopic (exact) mass is 182 g/mol. The molecule has 1 N–H and O–H groups in total. The van der Waals surface area contributed by atoms with Gasteiger partial charge >= 0.3 is 0 Å². The highest BCUT2D eigenvalue weighted by Gasteiger charge is 2.21. The van der Waals surface area contributed by atoms with E-state index >= 15 is 0 Å². The van der Waals surface area contributed by atoms with Crippen molar-refractivity contribution in [1.82, 2.24) is 0 Å². The summed E-state index contributed by atoms with van der Waals surface area (Å²) in [6.07, 6.45) is 4.99. The van der Waals surface area contributed by atoms with Crippen molar-refractivity contribution in [2.75, 3.05) is 6.61 Å². The van der Waals surface area contributed by atoms with Crippen LogP contribution < -0.4 is 0 Å². The second-order valence-corrected chi connectivity index (χ2v) is 4.58. The summed E-state index contributed by atoms with van der Waals surface area (Å²) in [6, 6.07) is 0. The van der Waals surface area contributed by atoms with Gasteiger partial charge < -0.3 is 5.11 Å². The Labute approximate surface area is 81.9 Å². The van der Waals surface area contributed by atoms with Crippen molar-refractivity contribution >= 4 is 0 Å². The number of rotatable bonds is 2. The molecule has 0 aromatic carbocycles. The van der Waals surface area contributed by atoms with Gasteiger partial charge in [0.2, 0.25) is 0 Å². The van der Waals surface area contributed by atoms with Crippen molar-refractivity contribution < 1.29 is 5.11 Å². The van der Waals surface area contributed by atoms with Crippen molar-refractivity contribution in [2.45, 2.75) is 46.5 Å².